The predicted octanol–water partition coefficient (Wildman–Crippen LogP) is 1.90. The van der Waals surface area contributed by atoms with Gasteiger partial charge in [-0.1, -0.05) is 0 Å². The molecule has 0 spiro atoms. The summed E-state index contributed by atoms with van der Waals surface area (Å²) < 4.78 is 0.501. The number of carboxylic acid groups (broad SMARTS) is 1. The van der Waals surface area contributed by atoms with E-state index in [-0.39, 0.29) is 10.7 Å². The van der Waals surface area contributed by atoms with Gasteiger partial charge in [-0.25, -0.2) is 9.78 Å². The van der Waals surface area contributed by atoms with Crippen molar-refractivity contribution in [2.75, 3.05) is 0 Å². The molecule has 1 N–H and O–H groups in total. The second kappa shape index (κ2) is 3.28. The Morgan fingerprint density at radius 2 is 2.27 bits per heavy atom. The third-order valence-electron chi connectivity index (χ3n) is 1.77. The number of carbonyl (C=O) groups is 1. The van der Waals surface area contributed by atoms with Gasteiger partial charge in [-0.3, -0.25) is 10.1 Å². The number of aromatic nitrogens is 1. The van der Waals surface area contributed by atoms with Crippen LogP contribution in [0.25, 0.3) is 10.2 Å². The highest BCUT2D eigenvalue weighted by atomic mass is 32.1. The van der Waals surface area contributed by atoms with Crippen molar-refractivity contribution in [3.8, 4) is 0 Å². The third kappa shape index (κ3) is 1.64. The van der Waals surface area contributed by atoms with E-state index in [0.29, 0.717) is 10.2 Å². The first-order chi connectivity index (χ1) is 7.08. The van der Waals surface area contributed by atoms with Crippen LogP contribution < -0.4 is 0 Å². The van der Waals surface area contributed by atoms with Crippen LogP contribution in [-0.4, -0.2) is 21.0 Å². The Kier molecular flexibility index (Phi) is 2.09. The van der Waals surface area contributed by atoms with E-state index in [4.69, 9.17) is 5.11 Å². The molecule has 0 aliphatic rings. The minimum absolute atomic E-state index is 0.0644. The maximum absolute atomic E-state index is 10.6. The van der Waals surface area contributed by atoms with E-state index in [1.807, 2.05) is 0 Å². The van der Waals surface area contributed by atoms with E-state index in [1.165, 1.54) is 18.2 Å². The molecule has 7 heteroatoms. The van der Waals surface area contributed by atoms with E-state index in [0.717, 1.165) is 11.3 Å². The molecule has 0 aliphatic carbocycles. The van der Waals surface area contributed by atoms with Crippen LogP contribution >= 0.6 is 11.3 Å². The van der Waals surface area contributed by atoms with Crippen molar-refractivity contribution in [1.82, 2.24) is 4.98 Å². The van der Waals surface area contributed by atoms with Gasteiger partial charge in [0, 0.05) is 12.1 Å². The van der Waals surface area contributed by atoms with E-state index in [9.17, 15) is 14.9 Å². The van der Waals surface area contributed by atoms with Gasteiger partial charge in [0.25, 0.3) is 5.69 Å². The predicted molar refractivity (Wildman–Crippen MR) is 53.2 cm³/mol. The number of nitrogens with zero attached hydrogens (tertiary/aromatic N) is 2. The van der Waals surface area contributed by atoms with Crippen molar-refractivity contribution in [2.45, 2.75) is 0 Å². The first-order valence-corrected chi connectivity index (χ1v) is 4.68. The second-order valence-corrected chi connectivity index (χ2v) is 3.76. The van der Waals surface area contributed by atoms with Crippen LogP contribution in [0.2, 0.25) is 0 Å². The van der Waals surface area contributed by atoms with Gasteiger partial charge in [0.05, 0.1) is 15.1 Å². The van der Waals surface area contributed by atoms with Gasteiger partial charge in [-0.15, -0.1) is 11.3 Å². The number of nitro groups is 1. The third-order valence-corrected chi connectivity index (χ3v) is 2.77. The zero-order valence-electron chi connectivity index (χ0n) is 7.21. The van der Waals surface area contributed by atoms with Crippen molar-refractivity contribution < 1.29 is 14.8 Å². The normalized spacial score (nSPS) is 10.4. The summed E-state index contributed by atoms with van der Waals surface area (Å²) >= 11 is 0.922. The lowest BCUT2D eigenvalue weighted by atomic mass is 10.3. The van der Waals surface area contributed by atoms with Gasteiger partial charge in [0.15, 0.2) is 0 Å². The lowest BCUT2D eigenvalue weighted by Gasteiger charge is -1.88. The summed E-state index contributed by atoms with van der Waals surface area (Å²) in [6, 6.07) is 4.06. The molecule has 6 nitrogen and oxygen atoms in total. The fourth-order valence-electron chi connectivity index (χ4n) is 1.12. The molecule has 0 saturated heterocycles. The number of hydrogen-bond donors (Lipinski definition) is 1. The molecule has 0 amide bonds. The smallest absolute Gasteiger partial charge is 0.365 e. The van der Waals surface area contributed by atoms with Crippen LogP contribution in [0.3, 0.4) is 0 Å². The Morgan fingerprint density at radius 3 is 2.87 bits per heavy atom. The molecule has 0 aliphatic heterocycles. The van der Waals surface area contributed by atoms with Gasteiger partial charge >= 0.3 is 5.97 Å². The summed E-state index contributed by atoms with van der Waals surface area (Å²) in [5.41, 5.74) is 0.395. The molecule has 0 atom stereocenters. The Balaban J connectivity index is 2.62. The molecule has 15 heavy (non-hydrogen) atoms. The maximum atomic E-state index is 10.6. The molecule has 0 saturated carbocycles. The topological polar surface area (TPSA) is 93.3 Å². The number of carboxylic acids is 1. The van der Waals surface area contributed by atoms with Crippen molar-refractivity contribution in [3.63, 3.8) is 0 Å². The standard InChI is InChI=1S/C8H4N2O4S/c11-8(12)7-9-5-2-1-4(10(13)14)3-6(5)15-7/h1-3H,(H,11,12). The number of non-ortho nitro benzene ring substituents is 1. The summed E-state index contributed by atoms with van der Waals surface area (Å²) in [6.45, 7) is 0. The fourth-order valence-corrected chi connectivity index (χ4v) is 1.96. The van der Waals surface area contributed by atoms with Crippen molar-refractivity contribution in [3.05, 3.63) is 33.3 Å². The van der Waals surface area contributed by atoms with Gasteiger partial charge in [-0.2, -0.15) is 0 Å². The molecular weight excluding hydrogens is 220 g/mol. The number of fused-ring (bicyclic) bond motifs is 1. The Hall–Kier alpha value is -2.02. The Labute approximate surface area is 86.9 Å². The van der Waals surface area contributed by atoms with Gasteiger partial charge in [0.2, 0.25) is 5.01 Å². The first kappa shape index (κ1) is 9.53. The number of rotatable bonds is 2. The minimum atomic E-state index is -1.13. The van der Waals surface area contributed by atoms with Crippen LogP contribution in [0.4, 0.5) is 5.69 Å². The SMILES string of the molecule is O=C(O)c1nc2ccc([N+](=O)[O-])cc2s1. The highest BCUT2D eigenvalue weighted by Crippen LogP contribution is 2.26. The summed E-state index contributed by atoms with van der Waals surface area (Å²) in [5.74, 6) is -1.13. The molecule has 2 rings (SSSR count). The number of aromatic carboxylic acids is 1. The van der Waals surface area contributed by atoms with E-state index >= 15 is 0 Å². The Bertz CT molecular complexity index is 551. The number of thiazole rings is 1. The lowest BCUT2D eigenvalue weighted by Crippen LogP contribution is -1.93. The van der Waals surface area contributed by atoms with Crippen molar-refractivity contribution >= 4 is 33.2 Å². The lowest BCUT2D eigenvalue weighted by molar-refractivity contribution is -0.384. The Morgan fingerprint density at radius 1 is 1.53 bits per heavy atom. The number of nitro benzene ring substituents is 1. The molecule has 1 heterocycles. The highest BCUT2D eigenvalue weighted by Gasteiger charge is 2.13. The summed E-state index contributed by atoms with van der Waals surface area (Å²) in [6.07, 6.45) is 0. The van der Waals surface area contributed by atoms with Crippen LogP contribution in [0, 0.1) is 10.1 Å². The van der Waals surface area contributed by atoms with E-state index in [2.05, 4.69) is 4.98 Å². The van der Waals surface area contributed by atoms with Crippen LogP contribution in [0.15, 0.2) is 18.2 Å². The number of hydrogen-bond acceptors (Lipinski definition) is 5. The second-order valence-electron chi connectivity index (χ2n) is 2.73. The molecule has 2 aromatic rings. The quantitative estimate of drug-likeness (QED) is 0.621. The van der Waals surface area contributed by atoms with Gasteiger partial charge in [0.1, 0.15) is 0 Å². The summed E-state index contributed by atoms with van der Waals surface area (Å²) in [7, 11) is 0. The molecule has 1 aromatic carbocycles. The summed E-state index contributed by atoms with van der Waals surface area (Å²) in [5, 5.41) is 19.1. The monoisotopic (exact) mass is 224 g/mol. The first-order valence-electron chi connectivity index (χ1n) is 3.86. The largest absolute Gasteiger partial charge is 0.476 e. The molecule has 76 valence electrons. The van der Waals surface area contributed by atoms with Crippen molar-refractivity contribution in [1.29, 1.82) is 0 Å². The van der Waals surface area contributed by atoms with Crippen molar-refractivity contribution in [2.24, 2.45) is 0 Å². The van der Waals surface area contributed by atoms with E-state index < -0.39 is 10.9 Å². The van der Waals surface area contributed by atoms with E-state index in [1.54, 1.807) is 0 Å². The molecule has 0 bridgehead atoms. The van der Waals surface area contributed by atoms with Gasteiger partial charge < -0.3 is 5.11 Å². The zero-order valence-corrected chi connectivity index (χ0v) is 8.02. The van der Waals surface area contributed by atoms with Crippen LogP contribution in [-0.2, 0) is 0 Å². The highest BCUT2D eigenvalue weighted by molar-refractivity contribution is 7.20. The number of benzene rings is 1. The molecule has 1 aromatic heterocycles. The molecule has 0 unspecified atom stereocenters. The fraction of sp³-hybridized carbons (Fsp3) is 0. The minimum Gasteiger partial charge on any atom is -0.476 e. The van der Waals surface area contributed by atoms with Crippen LogP contribution in [0.1, 0.15) is 9.80 Å². The van der Waals surface area contributed by atoms with Crippen LogP contribution in [0.5, 0.6) is 0 Å². The average Bonchev–Trinajstić information content (AvgIpc) is 2.59. The zero-order chi connectivity index (χ0) is 11.0. The average molecular weight is 224 g/mol. The molecular formula is C8H4N2O4S. The molecule has 0 fully saturated rings. The summed E-state index contributed by atoms with van der Waals surface area (Å²) in [4.78, 5) is 24.3. The maximum Gasteiger partial charge on any atom is 0.365 e. The van der Waals surface area contributed by atoms with Gasteiger partial charge in [-0.05, 0) is 6.07 Å². The molecule has 0 radical (unpaired) electrons.